The lowest BCUT2D eigenvalue weighted by atomic mass is 10.3. The average Bonchev–Trinajstić information content (AvgIpc) is 2.47. The molecule has 0 unspecified atom stereocenters. The zero-order chi connectivity index (χ0) is 14.4. The lowest BCUT2D eigenvalue weighted by Crippen LogP contribution is -2.17. The second-order valence-corrected chi connectivity index (χ2v) is 3.83. The molecule has 2 aromatic carbocycles. The Balaban J connectivity index is 1.86. The molecule has 0 aliphatic heterocycles. The molecule has 0 fully saturated rings. The minimum atomic E-state index is -0.581. The predicted molar refractivity (Wildman–Crippen MR) is 70.7 cm³/mol. The summed E-state index contributed by atoms with van der Waals surface area (Å²) in [5.41, 5.74) is -0.0645. The maximum atomic E-state index is 11.5. The van der Waals surface area contributed by atoms with Crippen LogP contribution in [0.1, 0.15) is 0 Å². The molecule has 2 rings (SSSR count). The Hall–Kier alpha value is -2.89. The molecule has 0 aliphatic rings. The van der Waals surface area contributed by atoms with Crippen LogP contribution in [0.5, 0.6) is 11.5 Å². The van der Waals surface area contributed by atoms with Gasteiger partial charge < -0.3 is 9.47 Å². The third-order valence-electron chi connectivity index (χ3n) is 2.38. The molecule has 0 atom stereocenters. The van der Waals surface area contributed by atoms with Crippen LogP contribution in [0.3, 0.4) is 0 Å². The highest BCUT2D eigenvalue weighted by atomic mass is 16.6. The summed E-state index contributed by atoms with van der Waals surface area (Å²) in [6, 6.07) is 14.1. The Morgan fingerprint density at radius 1 is 1.00 bits per heavy atom. The number of nitro benzene ring substituents is 1. The van der Waals surface area contributed by atoms with Crippen molar-refractivity contribution < 1.29 is 19.2 Å². The summed E-state index contributed by atoms with van der Waals surface area (Å²) in [5.74, 6) is 0.216. The topological polar surface area (TPSA) is 78.7 Å². The lowest BCUT2D eigenvalue weighted by Gasteiger charge is -2.06. The Morgan fingerprint density at radius 3 is 2.25 bits per heavy atom. The molecule has 0 amide bonds. The molecule has 0 bridgehead atoms. The monoisotopic (exact) mass is 273 g/mol. The van der Waals surface area contributed by atoms with Crippen LogP contribution in [0, 0.1) is 10.1 Å². The normalized spacial score (nSPS) is 9.80. The summed E-state index contributed by atoms with van der Waals surface area (Å²) < 4.78 is 10.2. The second-order valence-electron chi connectivity index (χ2n) is 3.83. The van der Waals surface area contributed by atoms with Crippen LogP contribution in [0.4, 0.5) is 5.69 Å². The molecule has 20 heavy (non-hydrogen) atoms. The van der Waals surface area contributed by atoms with E-state index < -0.39 is 10.9 Å². The Morgan fingerprint density at radius 2 is 1.65 bits per heavy atom. The van der Waals surface area contributed by atoms with Crippen LogP contribution in [0.2, 0.25) is 0 Å². The van der Waals surface area contributed by atoms with Crippen LogP contribution in [0.25, 0.3) is 0 Å². The van der Waals surface area contributed by atoms with Gasteiger partial charge in [0.05, 0.1) is 4.92 Å². The van der Waals surface area contributed by atoms with Gasteiger partial charge in [-0.2, -0.15) is 0 Å². The number of carbonyl (C=O) groups excluding carboxylic acids is 1. The fourth-order valence-electron chi connectivity index (χ4n) is 1.46. The quantitative estimate of drug-likeness (QED) is 0.362. The number of hydrogen-bond donors (Lipinski definition) is 0. The van der Waals surface area contributed by atoms with Gasteiger partial charge in [-0.3, -0.25) is 10.1 Å². The molecule has 0 heterocycles. The van der Waals surface area contributed by atoms with Crippen molar-refractivity contribution in [2.75, 3.05) is 6.61 Å². The van der Waals surface area contributed by atoms with Crippen molar-refractivity contribution in [3.05, 3.63) is 64.7 Å². The molecule has 0 spiro atoms. The van der Waals surface area contributed by atoms with Gasteiger partial charge in [0.1, 0.15) is 11.5 Å². The zero-order valence-corrected chi connectivity index (χ0v) is 10.4. The third kappa shape index (κ3) is 3.81. The van der Waals surface area contributed by atoms with Crippen LogP contribution < -0.4 is 9.47 Å². The average molecular weight is 273 g/mol. The van der Waals surface area contributed by atoms with Crippen LogP contribution in [-0.4, -0.2) is 17.5 Å². The highest BCUT2D eigenvalue weighted by Gasteiger charge is 2.08. The second kappa shape index (κ2) is 6.33. The third-order valence-corrected chi connectivity index (χ3v) is 2.38. The number of nitrogens with zero attached hydrogens (tertiary/aromatic N) is 1. The van der Waals surface area contributed by atoms with Crippen LogP contribution in [0.15, 0.2) is 54.6 Å². The van der Waals surface area contributed by atoms with Gasteiger partial charge in [0.2, 0.25) is 0 Å². The van der Waals surface area contributed by atoms with E-state index in [4.69, 9.17) is 9.47 Å². The fourth-order valence-corrected chi connectivity index (χ4v) is 1.46. The van der Waals surface area contributed by atoms with Gasteiger partial charge in [-0.1, -0.05) is 18.2 Å². The van der Waals surface area contributed by atoms with Crippen LogP contribution in [-0.2, 0) is 4.79 Å². The molecule has 2 aromatic rings. The van der Waals surface area contributed by atoms with E-state index in [9.17, 15) is 14.9 Å². The van der Waals surface area contributed by atoms with Gasteiger partial charge in [0.25, 0.3) is 5.69 Å². The highest BCUT2D eigenvalue weighted by molar-refractivity contribution is 5.74. The Kier molecular flexibility index (Phi) is 4.28. The molecule has 102 valence electrons. The predicted octanol–water partition coefficient (Wildman–Crippen LogP) is 2.58. The van der Waals surface area contributed by atoms with Crippen molar-refractivity contribution in [3.8, 4) is 11.5 Å². The zero-order valence-electron chi connectivity index (χ0n) is 10.4. The molecular weight excluding hydrogens is 262 g/mol. The van der Waals surface area contributed by atoms with Gasteiger partial charge in [-0.25, -0.2) is 4.79 Å². The molecular formula is C14H11NO5. The molecule has 0 saturated carbocycles. The molecule has 0 aromatic heterocycles. The minimum Gasteiger partial charge on any atom is -0.482 e. The molecule has 0 radical (unpaired) electrons. The number of rotatable bonds is 5. The van der Waals surface area contributed by atoms with E-state index in [0.29, 0.717) is 5.75 Å². The van der Waals surface area contributed by atoms with E-state index in [1.807, 2.05) is 6.07 Å². The van der Waals surface area contributed by atoms with Gasteiger partial charge in [0, 0.05) is 12.1 Å². The first kappa shape index (κ1) is 13.5. The first-order valence-corrected chi connectivity index (χ1v) is 5.78. The number of ether oxygens (including phenoxy) is 2. The van der Waals surface area contributed by atoms with Gasteiger partial charge in [-0.05, 0) is 24.3 Å². The number of esters is 1. The Bertz CT molecular complexity index is 595. The van der Waals surface area contributed by atoms with Gasteiger partial charge >= 0.3 is 5.97 Å². The van der Waals surface area contributed by atoms with Gasteiger partial charge in [-0.15, -0.1) is 0 Å². The number of hydrogen-bond acceptors (Lipinski definition) is 5. The van der Waals surface area contributed by atoms with E-state index in [2.05, 4.69) is 0 Å². The summed E-state index contributed by atoms with van der Waals surface area (Å²) in [6.07, 6.45) is 0. The first-order chi connectivity index (χ1) is 9.65. The van der Waals surface area contributed by atoms with Crippen molar-refractivity contribution in [1.29, 1.82) is 0 Å². The summed E-state index contributed by atoms with van der Waals surface area (Å²) >= 11 is 0. The maximum Gasteiger partial charge on any atom is 0.349 e. The Labute approximate surface area is 114 Å². The first-order valence-electron chi connectivity index (χ1n) is 5.78. The maximum absolute atomic E-state index is 11.5. The summed E-state index contributed by atoms with van der Waals surface area (Å²) in [5, 5.41) is 10.5. The molecule has 6 nitrogen and oxygen atoms in total. The summed E-state index contributed by atoms with van der Waals surface area (Å²) in [7, 11) is 0. The van der Waals surface area contributed by atoms with E-state index in [1.165, 1.54) is 24.3 Å². The smallest absolute Gasteiger partial charge is 0.349 e. The van der Waals surface area contributed by atoms with E-state index in [0.717, 1.165) is 0 Å². The molecule has 0 N–H and O–H groups in total. The van der Waals surface area contributed by atoms with E-state index >= 15 is 0 Å². The van der Waals surface area contributed by atoms with Crippen molar-refractivity contribution in [2.24, 2.45) is 0 Å². The van der Waals surface area contributed by atoms with Gasteiger partial charge in [0.15, 0.2) is 6.61 Å². The number of para-hydroxylation sites is 1. The highest BCUT2D eigenvalue weighted by Crippen LogP contribution is 2.17. The molecule has 0 saturated heterocycles. The van der Waals surface area contributed by atoms with E-state index in [-0.39, 0.29) is 18.0 Å². The number of benzene rings is 2. The van der Waals surface area contributed by atoms with Crippen molar-refractivity contribution in [3.63, 3.8) is 0 Å². The van der Waals surface area contributed by atoms with Crippen molar-refractivity contribution in [2.45, 2.75) is 0 Å². The summed E-state index contributed by atoms with van der Waals surface area (Å²) in [6.45, 7) is -0.235. The molecule has 0 aliphatic carbocycles. The van der Waals surface area contributed by atoms with Crippen LogP contribution >= 0.6 is 0 Å². The standard InChI is InChI=1S/C14H11NO5/c16-14(10-19-12-4-2-1-3-5-12)20-13-8-6-11(7-9-13)15(17)18/h1-9H,10H2. The molecule has 6 heteroatoms. The number of non-ortho nitro benzene ring substituents is 1. The number of nitro groups is 1. The van der Waals surface area contributed by atoms with Crippen molar-refractivity contribution >= 4 is 11.7 Å². The summed E-state index contributed by atoms with van der Waals surface area (Å²) in [4.78, 5) is 21.5. The van der Waals surface area contributed by atoms with Crippen molar-refractivity contribution in [1.82, 2.24) is 0 Å². The number of carbonyl (C=O) groups is 1. The fraction of sp³-hybridized carbons (Fsp3) is 0.0714. The minimum absolute atomic E-state index is 0.0645. The van der Waals surface area contributed by atoms with E-state index in [1.54, 1.807) is 24.3 Å². The SMILES string of the molecule is O=C(COc1ccccc1)Oc1ccc([N+](=O)[O-])cc1. The largest absolute Gasteiger partial charge is 0.482 e. The lowest BCUT2D eigenvalue weighted by molar-refractivity contribution is -0.384.